The average molecular weight is 332 g/mol. The highest BCUT2D eigenvalue weighted by molar-refractivity contribution is 7.89. The summed E-state index contributed by atoms with van der Waals surface area (Å²) in [4.78, 5) is 4.23. The Morgan fingerprint density at radius 2 is 2.20 bits per heavy atom. The van der Waals surface area contributed by atoms with E-state index >= 15 is 0 Å². The normalized spacial score (nSPS) is 11.7. The summed E-state index contributed by atoms with van der Waals surface area (Å²) in [5.74, 6) is 0. The minimum atomic E-state index is -3.56. The van der Waals surface area contributed by atoms with Gasteiger partial charge < -0.3 is 5.73 Å². The van der Waals surface area contributed by atoms with Crippen molar-refractivity contribution < 1.29 is 8.42 Å². The zero-order valence-corrected chi connectivity index (χ0v) is 12.9. The number of halogens is 1. The van der Waals surface area contributed by atoms with Gasteiger partial charge in [0, 0.05) is 29.9 Å². The Morgan fingerprint density at radius 1 is 1.40 bits per heavy atom. The van der Waals surface area contributed by atoms with Crippen LogP contribution in [0, 0.1) is 0 Å². The first-order valence-electron chi connectivity index (χ1n) is 5.88. The molecule has 0 unspecified atom stereocenters. The van der Waals surface area contributed by atoms with Gasteiger partial charge in [-0.2, -0.15) is 0 Å². The van der Waals surface area contributed by atoms with Crippen LogP contribution in [0.25, 0.3) is 0 Å². The first kappa shape index (κ1) is 15.4. The highest BCUT2D eigenvalue weighted by Crippen LogP contribution is 2.20. The standard InChI is InChI=1S/C12H14ClN3O2S2/c13-12-5-11(2-1-9(12)6-14)20(17,18)16-4-3-10-7-19-8-15-10/h1-2,5,7-8,16H,3-4,6,14H2. The molecule has 1 aromatic carbocycles. The molecular formula is C12H14ClN3O2S2. The Hall–Kier alpha value is -0.990. The molecule has 0 fully saturated rings. The van der Waals surface area contributed by atoms with E-state index in [1.165, 1.54) is 23.5 Å². The lowest BCUT2D eigenvalue weighted by Crippen LogP contribution is -2.26. The molecule has 0 saturated heterocycles. The van der Waals surface area contributed by atoms with Crippen LogP contribution in [0.5, 0.6) is 0 Å². The topological polar surface area (TPSA) is 85.1 Å². The minimum absolute atomic E-state index is 0.137. The van der Waals surface area contributed by atoms with Crippen molar-refractivity contribution in [1.82, 2.24) is 9.71 Å². The molecular weight excluding hydrogens is 318 g/mol. The molecule has 8 heteroatoms. The van der Waals surface area contributed by atoms with Crippen LogP contribution in [0.3, 0.4) is 0 Å². The van der Waals surface area contributed by atoms with Gasteiger partial charge >= 0.3 is 0 Å². The van der Waals surface area contributed by atoms with Gasteiger partial charge in [-0.1, -0.05) is 17.7 Å². The van der Waals surface area contributed by atoms with Crippen molar-refractivity contribution in [3.63, 3.8) is 0 Å². The molecule has 0 bridgehead atoms. The number of rotatable bonds is 6. The quantitative estimate of drug-likeness (QED) is 0.845. The van der Waals surface area contributed by atoms with Crippen LogP contribution in [0.1, 0.15) is 11.3 Å². The van der Waals surface area contributed by atoms with E-state index in [0.29, 0.717) is 23.6 Å². The number of aromatic nitrogens is 1. The van der Waals surface area contributed by atoms with Crippen LogP contribution >= 0.6 is 22.9 Å². The maximum Gasteiger partial charge on any atom is 0.240 e. The molecule has 2 rings (SSSR count). The maximum absolute atomic E-state index is 12.1. The number of hydrogen-bond acceptors (Lipinski definition) is 5. The summed E-state index contributed by atoms with van der Waals surface area (Å²) in [6, 6.07) is 4.53. The summed E-state index contributed by atoms with van der Waals surface area (Å²) in [5, 5.41) is 2.25. The predicted octanol–water partition coefficient (Wildman–Crippen LogP) is 1.78. The van der Waals surface area contributed by atoms with Gasteiger partial charge in [0.1, 0.15) is 0 Å². The lowest BCUT2D eigenvalue weighted by molar-refractivity contribution is 0.581. The summed E-state index contributed by atoms with van der Waals surface area (Å²) < 4.78 is 26.7. The molecule has 108 valence electrons. The number of nitrogens with one attached hydrogen (secondary N) is 1. The van der Waals surface area contributed by atoms with E-state index in [9.17, 15) is 8.42 Å². The fourth-order valence-corrected chi connectivity index (χ4v) is 3.59. The molecule has 0 amide bonds. The van der Waals surface area contributed by atoms with Crippen LogP contribution in [0.15, 0.2) is 34.0 Å². The zero-order valence-electron chi connectivity index (χ0n) is 10.5. The maximum atomic E-state index is 12.1. The Kier molecular flexibility index (Phi) is 5.11. The van der Waals surface area contributed by atoms with Crippen LogP contribution in [0.4, 0.5) is 0 Å². The molecule has 0 aliphatic carbocycles. The molecule has 1 aromatic heterocycles. The van der Waals surface area contributed by atoms with Crippen molar-refractivity contribution in [2.45, 2.75) is 17.9 Å². The molecule has 0 radical (unpaired) electrons. The third-order valence-corrected chi connectivity index (χ3v) is 5.16. The third kappa shape index (κ3) is 3.77. The van der Waals surface area contributed by atoms with Gasteiger partial charge in [-0.05, 0) is 17.7 Å². The van der Waals surface area contributed by atoms with Crippen molar-refractivity contribution in [1.29, 1.82) is 0 Å². The molecule has 2 aromatic rings. The molecule has 5 nitrogen and oxygen atoms in total. The zero-order chi connectivity index (χ0) is 14.6. The van der Waals surface area contributed by atoms with Crippen LogP contribution < -0.4 is 10.5 Å². The lowest BCUT2D eigenvalue weighted by Gasteiger charge is -2.08. The first-order chi connectivity index (χ1) is 9.53. The molecule has 1 heterocycles. The summed E-state index contributed by atoms with van der Waals surface area (Å²) in [6.07, 6.45) is 0.553. The smallest absolute Gasteiger partial charge is 0.240 e. The van der Waals surface area contributed by atoms with E-state index in [1.54, 1.807) is 11.6 Å². The van der Waals surface area contributed by atoms with Gasteiger partial charge in [0.05, 0.1) is 16.1 Å². The van der Waals surface area contributed by atoms with Gasteiger partial charge in [-0.25, -0.2) is 18.1 Å². The summed E-state index contributed by atoms with van der Waals surface area (Å²) >= 11 is 7.45. The predicted molar refractivity (Wildman–Crippen MR) is 80.3 cm³/mol. The van der Waals surface area contributed by atoms with E-state index in [-0.39, 0.29) is 11.4 Å². The van der Waals surface area contributed by atoms with Crippen molar-refractivity contribution in [2.75, 3.05) is 6.54 Å². The summed E-state index contributed by atoms with van der Waals surface area (Å²) in [6.45, 7) is 0.568. The van der Waals surface area contributed by atoms with Crippen molar-refractivity contribution >= 4 is 33.0 Å². The van der Waals surface area contributed by atoms with E-state index in [2.05, 4.69) is 9.71 Å². The molecule has 20 heavy (non-hydrogen) atoms. The second-order valence-electron chi connectivity index (χ2n) is 4.08. The number of nitrogens with two attached hydrogens (primary N) is 1. The number of hydrogen-bond donors (Lipinski definition) is 2. The summed E-state index contributed by atoms with van der Waals surface area (Å²) in [7, 11) is -3.56. The molecule has 0 spiro atoms. The van der Waals surface area contributed by atoms with Crippen LogP contribution in [-0.4, -0.2) is 19.9 Å². The SMILES string of the molecule is NCc1ccc(S(=O)(=O)NCCc2cscn2)cc1Cl. The number of sulfonamides is 1. The van der Waals surface area contributed by atoms with E-state index in [0.717, 1.165) is 5.69 Å². The largest absolute Gasteiger partial charge is 0.326 e. The van der Waals surface area contributed by atoms with E-state index in [4.69, 9.17) is 17.3 Å². The molecule has 3 N–H and O–H groups in total. The molecule has 0 atom stereocenters. The first-order valence-corrected chi connectivity index (χ1v) is 8.68. The van der Waals surface area contributed by atoms with Crippen molar-refractivity contribution in [3.8, 4) is 0 Å². The second-order valence-corrected chi connectivity index (χ2v) is 6.98. The van der Waals surface area contributed by atoms with E-state index < -0.39 is 10.0 Å². The van der Waals surface area contributed by atoms with Crippen molar-refractivity contribution in [2.24, 2.45) is 5.73 Å². The van der Waals surface area contributed by atoms with Crippen LogP contribution in [-0.2, 0) is 23.0 Å². The van der Waals surface area contributed by atoms with Gasteiger partial charge in [-0.15, -0.1) is 11.3 Å². The van der Waals surface area contributed by atoms with Gasteiger partial charge in [0.15, 0.2) is 0 Å². The van der Waals surface area contributed by atoms with Gasteiger partial charge in [0.25, 0.3) is 0 Å². The van der Waals surface area contributed by atoms with Crippen molar-refractivity contribution in [3.05, 3.63) is 45.4 Å². The number of thiazole rings is 1. The van der Waals surface area contributed by atoms with Gasteiger partial charge in [-0.3, -0.25) is 0 Å². The number of nitrogens with zero attached hydrogens (tertiary/aromatic N) is 1. The van der Waals surface area contributed by atoms with Gasteiger partial charge in [0.2, 0.25) is 10.0 Å². The minimum Gasteiger partial charge on any atom is -0.326 e. The Labute approximate surface area is 126 Å². The molecule has 0 aliphatic rings. The monoisotopic (exact) mass is 331 g/mol. The fraction of sp³-hybridized carbons (Fsp3) is 0.250. The Balaban J connectivity index is 2.04. The Morgan fingerprint density at radius 3 is 2.80 bits per heavy atom. The lowest BCUT2D eigenvalue weighted by atomic mass is 10.2. The highest BCUT2D eigenvalue weighted by Gasteiger charge is 2.15. The highest BCUT2D eigenvalue weighted by atomic mass is 35.5. The van der Waals surface area contributed by atoms with Crippen LogP contribution in [0.2, 0.25) is 5.02 Å². The average Bonchev–Trinajstić information content (AvgIpc) is 2.91. The second kappa shape index (κ2) is 6.64. The molecule has 0 saturated carbocycles. The fourth-order valence-electron chi connectivity index (χ4n) is 1.62. The van der Waals surface area contributed by atoms with E-state index in [1.807, 2.05) is 5.38 Å². The molecule has 0 aliphatic heterocycles. The Bertz CT molecular complexity index is 672. The number of benzene rings is 1. The third-order valence-electron chi connectivity index (χ3n) is 2.71. The summed E-state index contributed by atoms with van der Waals surface area (Å²) in [5.41, 5.74) is 8.79.